The van der Waals surface area contributed by atoms with Gasteiger partial charge in [-0.1, -0.05) is 47.5 Å². The summed E-state index contributed by atoms with van der Waals surface area (Å²) in [4.78, 5) is 22.0. The molecule has 1 aliphatic rings. The smallest absolute Gasteiger partial charge is 0.256 e. The molecular formula is C23H26Cl2N6O. The second-order valence-electron chi connectivity index (χ2n) is 8.00. The highest BCUT2D eigenvalue weighted by Gasteiger charge is 2.21. The van der Waals surface area contributed by atoms with E-state index in [2.05, 4.69) is 32.2 Å². The topological polar surface area (TPSA) is 66.3 Å². The summed E-state index contributed by atoms with van der Waals surface area (Å²) < 4.78 is 1.60. The van der Waals surface area contributed by atoms with E-state index in [9.17, 15) is 4.79 Å². The van der Waals surface area contributed by atoms with Crippen LogP contribution in [-0.4, -0.2) is 58.8 Å². The summed E-state index contributed by atoms with van der Waals surface area (Å²) >= 11 is 12.7. The monoisotopic (exact) mass is 472 g/mol. The van der Waals surface area contributed by atoms with Crippen LogP contribution in [0.3, 0.4) is 0 Å². The third-order valence-electron chi connectivity index (χ3n) is 5.66. The average molecular weight is 473 g/mol. The Hall–Kier alpha value is -2.61. The van der Waals surface area contributed by atoms with Gasteiger partial charge in [0.25, 0.3) is 5.91 Å². The molecule has 4 rings (SSSR count). The Morgan fingerprint density at radius 1 is 1.09 bits per heavy atom. The minimum Gasteiger partial charge on any atom is -0.354 e. The first kappa shape index (κ1) is 22.6. The average Bonchev–Trinajstić information content (AvgIpc) is 3.07. The molecule has 32 heavy (non-hydrogen) atoms. The molecular weight excluding hydrogens is 447 g/mol. The third-order valence-corrected chi connectivity index (χ3v) is 6.41. The number of carbonyl (C=O) groups excluding carboxylic acids is 1. The Balaban J connectivity index is 1.39. The number of rotatable bonds is 6. The molecule has 1 fully saturated rings. The van der Waals surface area contributed by atoms with Gasteiger partial charge < -0.3 is 15.1 Å². The van der Waals surface area contributed by atoms with Crippen molar-refractivity contribution < 1.29 is 4.79 Å². The van der Waals surface area contributed by atoms with Crippen LogP contribution in [0.4, 0.5) is 5.82 Å². The summed E-state index contributed by atoms with van der Waals surface area (Å²) in [5.41, 5.74) is 2.76. The molecule has 0 aliphatic carbocycles. The Morgan fingerprint density at radius 2 is 1.84 bits per heavy atom. The SMILES string of the molecule is Cc1nn(Cc2ccccc2Cl)c(Cl)c1C(=O)NCc1ccc(N2CCN(C)CC2)nc1. The van der Waals surface area contributed by atoms with Gasteiger partial charge in [0.1, 0.15) is 11.0 Å². The highest BCUT2D eigenvalue weighted by Crippen LogP contribution is 2.23. The molecule has 1 saturated heterocycles. The number of aryl methyl sites for hydroxylation is 1. The fourth-order valence-electron chi connectivity index (χ4n) is 3.72. The molecule has 0 atom stereocenters. The molecule has 0 radical (unpaired) electrons. The molecule has 9 heteroatoms. The van der Waals surface area contributed by atoms with Crippen LogP contribution >= 0.6 is 23.2 Å². The zero-order valence-corrected chi connectivity index (χ0v) is 19.7. The van der Waals surface area contributed by atoms with Crippen molar-refractivity contribution in [3.63, 3.8) is 0 Å². The summed E-state index contributed by atoms with van der Waals surface area (Å²) in [5, 5.41) is 8.29. The van der Waals surface area contributed by atoms with E-state index < -0.39 is 0 Å². The van der Waals surface area contributed by atoms with Gasteiger partial charge >= 0.3 is 0 Å². The number of likely N-dealkylation sites (N-methyl/N-ethyl adjacent to an activating group) is 1. The van der Waals surface area contributed by atoms with Crippen molar-refractivity contribution >= 4 is 34.9 Å². The standard InChI is InChI=1S/C23H26Cl2N6O/c1-16-21(22(25)31(28-16)15-18-5-3-4-6-19(18)24)23(32)27-14-17-7-8-20(26-13-17)30-11-9-29(2)10-12-30/h3-8,13H,9-12,14-15H2,1-2H3,(H,27,32). The number of hydrogen-bond acceptors (Lipinski definition) is 5. The Labute approximate surface area is 197 Å². The van der Waals surface area contributed by atoms with Gasteiger partial charge in [-0.2, -0.15) is 5.10 Å². The number of halogens is 2. The zero-order valence-electron chi connectivity index (χ0n) is 18.2. The van der Waals surface area contributed by atoms with E-state index in [0.717, 1.165) is 43.1 Å². The predicted molar refractivity (Wildman–Crippen MR) is 128 cm³/mol. The van der Waals surface area contributed by atoms with Gasteiger partial charge in [0.15, 0.2) is 0 Å². The molecule has 3 aromatic rings. The van der Waals surface area contributed by atoms with Crippen LogP contribution in [0.5, 0.6) is 0 Å². The maximum absolute atomic E-state index is 12.8. The summed E-state index contributed by atoms with van der Waals surface area (Å²) in [7, 11) is 2.13. The zero-order chi connectivity index (χ0) is 22.7. The summed E-state index contributed by atoms with van der Waals surface area (Å²) in [6.45, 7) is 6.53. The fourth-order valence-corrected chi connectivity index (χ4v) is 4.23. The van der Waals surface area contributed by atoms with E-state index in [1.54, 1.807) is 11.6 Å². The van der Waals surface area contributed by atoms with E-state index in [0.29, 0.717) is 34.5 Å². The largest absolute Gasteiger partial charge is 0.354 e. The second kappa shape index (κ2) is 9.90. The first-order valence-electron chi connectivity index (χ1n) is 10.6. The minimum absolute atomic E-state index is 0.263. The van der Waals surface area contributed by atoms with Crippen LogP contribution in [0.2, 0.25) is 10.2 Å². The predicted octanol–water partition coefficient (Wildman–Crippen LogP) is 3.62. The first-order chi connectivity index (χ1) is 15.4. The Morgan fingerprint density at radius 3 is 2.53 bits per heavy atom. The number of anilines is 1. The molecule has 0 spiro atoms. The number of amides is 1. The quantitative estimate of drug-likeness (QED) is 0.593. The lowest BCUT2D eigenvalue weighted by Crippen LogP contribution is -2.44. The first-order valence-corrected chi connectivity index (χ1v) is 11.3. The van der Waals surface area contributed by atoms with E-state index in [1.165, 1.54) is 0 Å². The molecule has 3 heterocycles. The van der Waals surface area contributed by atoms with Crippen molar-refractivity contribution in [2.75, 3.05) is 38.1 Å². The lowest BCUT2D eigenvalue weighted by molar-refractivity contribution is 0.0950. The Kier molecular flexibility index (Phi) is 6.98. The van der Waals surface area contributed by atoms with Crippen LogP contribution in [0.15, 0.2) is 42.6 Å². The van der Waals surface area contributed by atoms with Crippen molar-refractivity contribution in [3.8, 4) is 0 Å². The van der Waals surface area contributed by atoms with Crippen LogP contribution in [-0.2, 0) is 13.1 Å². The maximum atomic E-state index is 12.8. The number of piperazine rings is 1. The lowest BCUT2D eigenvalue weighted by atomic mass is 10.2. The number of pyridine rings is 1. The number of nitrogens with one attached hydrogen (secondary N) is 1. The molecule has 7 nitrogen and oxygen atoms in total. The Bertz CT molecular complexity index is 1090. The number of carbonyl (C=O) groups is 1. The minimum atomic E-state index is -0.263. The molecule has 0 bridgehead atoms. The fraction of sp³-hybridized carbons (Fsp3) is 0.348. The molecule has 0 saturated carbocycles. The van der Waals surface area contributed by atoms with E-state index >= 15 is 0 Å². The van der Waals surface area contributed by atoms with Crippen molar-refractivity contribution in [2.24, 2.45) is 0 Å². The van der Waals surface area contributed by atoms with Crippen molar-refractivity contribution in [3.05, 3.63) is 75.2 Å². The third kappa shape index (κ3) is 5.06. The van der Waals surface area contributed by atoms with Gasteiger partial charge in [0.2, 0.25) is 0 Å². The van der Waals surface area contributed by atoms with Crippen molar-refractivity contribution in [1.82, 2.24) is 25.0 Å². The maximum Gasteiger partial charge on any atom is 0.256 e. The summed E-state index contributed by atoms with van der Waals surface area (Å²) in [5.74, 6) is 0.703. The molecule has 1 amide bonds. The number of aromatic nitrogens is 3. The lowest BCUT2D eigenvalue weighted by Gasteiger charge is -2.33. The van der Waals surface area contributed by atoms with Gasteiger partial charge in [-0.15, -0.1) is 0 Å². The van der Waals surface area contributed by atoms with Crippen molar-refractivity contribution in [1.29, 1.82) is 0 Å². The molecule has 1 aromatic carbocycles. The van der Waals surface area contributed by atoms with Crippen molar-refractivity contribution in [2.45, 2.75) is 20.0 Å². The highest BCUT2D eigenvalue weighted by molar-refractivity contribution is 6.33. The van der Waals surface area contributed by atoms with Crippen LogP contribution in [0.1, 0.15) is 27.2 Å². The number of hydrogen-bond donors (Lipinski definition) is 1. The van der Waals surface area contributed by atoms with Gasteiger partial charge in [-0.05, 0) is 37.2 Å². The molecule has 0 unspecified atom stereocenters. The number of nitrogens with zero attached hydrogens (tertiary/aromatic N) is 5. The van der Waals surface area contributed by atoms with Crippen LogP contribution in [0.25, 0.3) is 0 Å². The summed E-state index contributed by atoms with van der Waals surface area (Å²) in [6.07, 6.45) is 1.81. The van der Waals surface area contributed by atoms with Gasteiger partial charge in [0.05, 0.1) is 17.8 Å². The molecule has 1 N–H and O–H groups in total. The second-order valence-corrected chi connectivity index (χ2v) is 8.76. The van der Waals surface area contributed by atoms with E-state index in [4.69, 9.17) is 23.2 Å². The summed E-state index contributed by atoms with van der Waals surface area (Å²) in [6, 6.07) is 11.5. The van der Waals surface area contributed by atoms with E-state index in [1.807, 2.05) is 42.6 Å². The van der Waals surface area contributed by atoms with Crippen LogP contribution < -0.4 is 10.2 Å². The van der Waals surface area contributed by atoms with Crippen LogP contribution in [0, 0.1) is 6.92 Å². The molecule has 2 aromatic heterocycles. The normalized spacial score (nSPS) is 14.6. The van der Waals surface area contributed by atoms with Gasteiger partial charge in [0, 0.05) is 43.9 Å². The number of benzene rings is 1. The van der Waals surface area contributed by atoms with Gasteiger partial charge in [-0.25, -0.2) is 9.67 Å². The highest BCUT2D eigenvalue weighted by atomic mass is 35.5. The van der Waals surface area contributed by atoms with E-state index in [-0.39, 0.29) is 5.91 Å². The molecule has 1 aliphatic heterocycles. The van der Waals surface area contributed by atoms with Gasteiger partial charge in [-0.3, -0.25) is 4.79 Å². The molecule has 168 valence electrons.